The number of aromatic nitrogens is 3. The molecule has 0 aliphatic heterocycles. The molecule has 0 radical (unpaired) electrons. The number of nitrogens with one attached hydrogen (secondary N) is 3. The van der Waals surface area contributed by atoms with Crippen molar-refractivity contribution in [2.45, 2.75) is 16.1 Å². The Morgan fingerprint density at radius 2 is 1.62 bits per heavy atom. The SMILES string of the molecule is O=S(=O)(O)CCNc1nc(NCC(O)O)nc(Nc2ccc3c(S(=O)(=O)O)cc(SOOO)cc3c2)n1. The van der Waals surface area contributed by atoms with Crippen LogP contribution in [0.15, 0.2) is 40.1 Å². The van der Waals surface area contributed by atoms with Crippen molar-refractivity contribution in [3.63, 3.8) is 0 Å². The molecule has 0 aliphatic rings. The van der Waals surface area contributed by atoms with Crippen molar-refractivity contribution in [3.05, 3.63) is 30.3 Å². The highest BCUT2D eigenvalue weighted by Gasteiger charge is 2.17. The summed E-state index contributed by atoms with van der Waals surface area (Å²) in [5, 5.41) is 38.5. The summed E-state index contributed by atoms with van der Waals surface area (Å²) in [7, 11) is -8.89. The highest BCUT2D eigenvalue weighted by atomic mass is 32.2. The van der Waals surface area contributed by atoms with E-state index >= 15 is 0 Å². The van der Waals surface area contributed by atoms with Crippen LogP contribution >= 0.6 is 12.0 Å². The van der Waals surface area contributed by atoms with Crippen LogP contribution in [0.25, 0.3) is 10.8 Å². The third-order valence-corrected chi connectivity index (χ3v) is 6.47. The molecule has 0 atom stereocenters. The lowest BCUT2D eigenvalue weighted by molar-refractivity contribution is -0.432. The number of hydrogen-bond acceptors (Lipinski definition) is 16. The molecular weight excluding hydrogens is 560 g/mol. The molecule has 17 nitrogen and oxygen atoms in total. The van der Waals surface area contributed by atoms with E-state index in [2.05, 4.69) is 40.3 Å². The van der Waals surface area contributed by atoms with Gasteiger partial charge in [-0.25, -0.2) is 5.26 Å². The molecule has 0 aliphatic carbocycles. The average Bonchev–Trinajstić information content (AvgIpc) is 2.79. The average molecular weight is 581 g/mol. The molecule has 0 amide bonds. The molecule has 1 aromatic heterocycles. The number of benzene rings is 2. The largest absolute Gasteiger partial charge is 0.367 e. The minimum Gasteiger partial charge on any atom is -0.367 e. The molecule has 37 heavy (non-hydrogen) atoms. The van der Waals surface area contributed by atoms with Crippen molar-refractivity contribution < 1.29 is 50.8 Å². The Kier molecular flexibility index (Phi) is 9.36. The third-order valence-electron chi connectivity index (χ3n) is 4.30. The Bertz CT molecular complexity index is 1470. The standard InChI is InChI=1S/C17H20N6O11S3/c24-14(25)8-19-16-21-15(18-3-4-36(27,28)29)22-17(23-16)20-10-1-2-12-9(5-10)6-11(35-34-33-26)7-13(12)37(30,31)32/h1-2,5-7,14,24-26H,3-4,8H2,(H,27,28,29)(H,30,31,32)(H3,18,19,20,21,22,23). The molecule has 2 aromatic carbocycles. The first-order valence-corrected chi connectivity index (χ1v) is 13.7. The zero-order valence-corrected chi connectivity index (χ0v) is 20.8. The lowest BCUT2D eigenvalue weighted by Gasteiger charge is -2.13. The summed E-state index contributed by atoms with van der Waals surface area (Å²) in [4.78, 5) is 11.9. The minimum atomic E-state index is -4.64. The number of aliphatic hydroxyl groups is 2. The highest BCUT2D eigenvalue weighted by molar-refractivity contribution is 7.94. The van der Waals surface area contributed by atoms with Gasteiger partial charge >= 0.3 is 0 Å². The van der Waals surface area contributed by atoms with Gasteiger partial charge in [0, 0.05) is 22.5 Å². The Labute approximate surface area is 213 Å². The minimum absolute atomic E-state index is 0.0869. The Hall–Kier alpha value is -2.92. The molecule has 202 valence electrons. The van der Waals surface area contributed by atoms with E-state index < -0.39 is 37.2 Å². The van der Waals surface area contributed by atoms with Gasteiger partial charge in [0.1, 0.15) is 4.90 Å². The van der Waals surface area contributed by atoms with Crippen LogP contribution in [0.1, 0.15) is 0 Å². The lowest BCUT2D eigenvalue weighted by Crippen LogP contribution is -2.21. The second kappa shape index (κ2) is 12.1. The van der Waals surface area contributed by atoms with Crippen molar-refractivity contribution in [1.82, 2.24) is 15.0 Å². The van der Waals surface area contributed by atoms with Crippen LogP contribution in [-0.2, 0) is 29.6 Å². The Morgan fingerprint density at radius 3 is 2.24 bits per heavy atom. The van der Waals surface area contributed by atoms with Crippen molar-refractivity contribution in [2.24, 2.45) is 0 Å². The molecule has 0 saturated carbocycles. The van der Waals surface area contributed by atoms with E-state index in [1.54, 1.807) is 0 Å². The van der Waals surface area contributed by atoms with Crippen molar-refractivity contribution in [2.75, 3.05) is 34.8 Å². The summed E-state index contributed by atoms with van der Waals surface area (Å²) in [6.07, 6.45) is -1.73. The smallest absolute Gasteiger partial charge is 0.295 e. The number of hydrogen-bond donors (Lipinski definition) is 8. The van der Waals surface area contributed by atoms with Gasteiger partial charge < -0.3 is 26.2 Å². The van der Waals surface area contributed by atoms with E-state index in [0.29, 0.717) is 23.1 Å². The van der Waals surface area contributed by atoms with Crippen LogP contribution < -0.4 is 16.0 Å². The molecule has 0 saturated heterocycles. The fourth-order valence-electron chi connectivity index (χ4n) is 2.90. The fourth-order valence-corrected chi connectivity index (χ4v) is 4.52. The van der Waals surface area contributed by atoms with E-state index in [1.807, 2.05) is 0 Å². The number of aliphatic hydroxyl groups excluding tert-OH is 1. The third kappa shape index (κ3) is 8.85. The van der Waals surface area contributed by atoms with Gasteiger partial charge in [-0.3, -0.25) is 9.11 Å². The first kappa shape index (κ1) is 28.6. The second-order valence-electron chi connectivity index (χ2n) is 7.06. The van der Waals surface area contributed by atoms with Gasteiger partial charge in [0.05, 0.1) is 24.3 Å². The molecule has 0 unspecified atom stereocenters. The highest BCUT2D eigenvalue weighted by Crippen LogP contribution is 2.32. The molecule has 3 aromatic rings. The summed E-state index contributed by atoms with van der Waals surface area (Å²) in [5.41, 5.74) is 0.332. The normalized spacial score (nSPS) is 12.2. The number of rotatable bonds is 13. The first-order chi connectivity index (χ1) is 17.3. The summed E-state index contributed by atoms with van der Waals surface area (Å²) >= 11 is 0.477. The van der Waals surface area contributed by atoms with Crippen molar-refractivity contribution in [1.29, 1.82) is 0 Å². The van der Waals surface area contributed by atoms with Crippen LogP contribution in [0.5, 0.6) is 0 Å². The van der Waals surface area contributed by atoms with Gasteiger partial charge in [-0.2, -0.15) is 31.8 Å². The monoisotopic (exact) mass is 580 g/mol. The molecule has 8 N–H and O–H groups in total. The predicted octanol–water partition coefficient (Wildman–Crippen LogP) is 0.466. The van der Waals surface area contributed by atoms with Crippen LogP contribution in [0.3, 0.4) is 0 Å². The molecule has 3 rings (SSSR count). The quantitative estimate of drug-likeness (QED) is 0.0448. The van der Waals surface area contributed by atoms with Gasteiger partial charge in [-0.05, 0) is 29.7 Å². The fraction of sp³-hybridized carbons (Fsp3) is 0.235. The van der Waals surface area contributed by atoms with Gasteiger partial charge in [0.15, 0.2) is 6.29 Å². The van der Waals surface area contributed by atoms with Crippen LogP contribution in [0.2, 0.25) is 0 Å². The van der Waals surface area contributed by atoms with Crippen molar-refractivity contribution >= 4 is 66.6 Å². The van der Waals surface area contributed by atoms with Crippen molar-refractivity contribution in [3.8, 4) is 0 Å². The van der Waals surface area contributed by atoms with Gasteiger partial charge in [-0.15, -0.1) is 4.33 Å². The maximum atomic E-state index is 11.9. The van der Waals surface area contributed by atoms with E-state index in [4.69, 9.17) is 20.0 Å². The van der Waals surface area contributed by atoms with Crippen LogP contribution in [0, 0.1) is 0 Å². The zero-order chi connectivity index (χ0) is 27.2. The molecular formula is C17H20N6O11S3. The molecule has 0 bridgehead atoms. The number of nitrogens with zero attached hydrogens (tertiary/aromatic N) is 3. The van der Waals surface area contributed by atoms with E-state index in [-0.39, 0.29) is 41.2 Å². The molecule has 20 heteroatoms. The maximum Gasteiger partial charge on any atom is 0.295 e. The van der Waals surface area contributed by atoms with Gasteiger partial charge in [0.2, 0.25) is 17.8 Å². The van der Waals surface area contributed by atoms with E-state index in [0.717, 1.165) is 6.07 Å². The Morgan fingerprint density at radius 1 is 0.946 bits per heavy atom. The van der Waals surface area contributed by atoms with Gasteiger partial charge in [0.25, 0.3) is 20.2 Å². The zero-order valence-electron chi connectivity index (χ0n) is 18.3. The van der Waals surface area contributed by atoms with Crippen LogP contribution in [-0.4, -0.2) is 81.5 Å². The summed E-state index contributed by atoms with van der Waals surface area (Å²) < 4.78 is 68.4. The molecule has 0 spiro atoms. The first-order valence-electron chi connectivity index (χ1n) is 9.86. The van der Waals surface area contributed by atoms with Crippen LogP contribution in [0.4, 0.5) is 23.5 Å². The summed E-state index contributed by atoms with van der Waals surface area (Å²) in [5.74, 6) is -0.957. The van der Waals surface area contributed by atoms with E-state index in [9.17, 15) is 21.4 Å². The maximum absolute atomic E-state index is 11.9. The number of fused-ring (bicyclic) bond motifs is 1. The summed E-state index contributed by atoms with van der Waals surface area (Å²) in [6.45, 7) is -0.596. The topological polar surface area (TPSA) is 263 Å². The predicted molar refractivity (Wildman–Crippen MR) is 129 cm³/mol. The lowest BCUT2D eigenvalue weighted by atomic mass is 10.1. The molecule has 1 heterocycles. The second-order valence-corrected chi connectivity index (χ2v) is 10.8. The number of anilines is 4. The van der Waals surface area contributed by atoms with E-state index in [1.165, 1.54) is 24.3 Å². The Balaban J connectivity index is 1.95. The summed E-state index contributed by atoms with van der Waals surface area (Å²) in [6, 6.07) is 6.92. The molecule has 0 fully saturated rings. The van der Waals surface area contributed by atoms with Gasteiger partial charge in [-0.1, -0.05) is 11.1 Å².